The number of aryl methyl sites for hydroxylation is 1. The van der Waals surface area contributed by atoms with Crippen molar-refractivity contribution < 1.29 is 0 Å². The Balaban J connectivity index is 1.19. The lowest BCUT2D eigenvalue weighted by atomic mass is 9.90. The summed E-state index contributed by atoms with van der Waals surface area (Å²) < 4.78 is 0. The molecule has 0 amide bonds. The molecule has 1 unspecified atom stereocenters. The van der Waals surface area contributed by atoms with E-state index in [0.29, 0.717) is 11.6 Å². The molecule has 6 rings (SSSR count). The number of aromatic nitrogens is 4. The van der Waals surface area contributed by atoms with Gasteiger partial charge in [0.15, 0.2) is 0 Å². The Morgan fingerprint density at radius 3 is 2.55 bits per heavy atom. The summed E-state index contributed by atoms with van der Waals surface area (Å²) in [6.45, 7) is 2.97. The minimum Gasteiger partial charge on any atom is -0.341 e. The molecule has 0 aliphatic heterocycles. The zero-order chi connectivity index (χ0) is 25.7. The maximum atomic E-state index is 6.23. The molecule has 1 aliphatic rings. The van der Waals surface area contributed by atoms with Gasteiger partial charge in [0, 0.05) is 32.0 Å². The summed E-state index contributed by atoms with van der Waals surface area (Å²) in [6, 6.07) is 25.4. The van der Waals surface area contributed by atoms with Crippen molar-refractivity contribution in [3.63, 3.8) is 0 Å². The number of pyridine rings is 2. The van der Waals surface area contributed by atoms with Crippen molar-refractivity contribution in [1.29, 1.82) is 0 Å². The predicted molar refractivity (Wildman–Crippen MR) is 151 cm³/mol. The Bertz CT molecular complexity index is 1480. The van der Waals surface area contributed by atoms with Gasteiger partial charge in [-0.25, -0.2) is 4.98 Å². The van der Waals surface area contributed by atoms with Crippen LogP contribution in [0.15, 0.2) is 85.2 Å². The second-order valence-electron chi connectivity index (χ2n) is 9.91. The zero-order valence-electron chi connectivity index (χ0n) is 21.3. The topological polar surface area (TPSA) is 69.7 Å². The van der Waals surface area contributed by atoms with Crippen LogP contribution in [-0.2, 0) is 32.6 Å². The molecule has 5 aromatic rings. The minimum atomic E-state index is 0.262. The van der Waals surface area contributed by atoms with Gasteiger partial charge in [0.05, 0.1) is 40.0 Å². The van der Waals surface area contributed by atoms with Crippen molar-refractivity contribution in [3.8, 4) is 0 Å². The third kappa shape index (κ3) is 5.63. The molecule has 0 saturated heterocycles. The number of fused-ring (bicyclic) bond motifs is 2. The van der Waals surface area contributed by atoms with Crippen LogP contribution in [0.1, 0.15) is 52.8 Å². The number of para-hydroxylation sites is 2. The molecular formula is C31H31ClN6. The summed E-state index contributed by atoms with van der Waals surface area (Å²) >= 11 is 6.23. The molecule has 7 heteroatoms. The molecule has 0 radical (unpaired) electrons. The lowest BCUT2D eigenvalue weighted by Gasteiger charge is -2.34. The summed E-state index contributed by atoms with van der Waals surface area (Å²) in [5, 5.41) is 4.14. The highest BCUT2D eigenvalue weighted by Crippen LogP contribution is 2.34. The van der Waals surface area contributed by atoms with E-state index in [1.54, 1.807) is 6.20 Å². The smallest absolute Gasteiger partial charge is 0.121 e. The molecule has 2 aromatic carbocycles. The van der Waals surface area contributed by atoms with E-state index in [1.165, 1.54) is 28.8 Å². The van der Waals surface area contributed by atoms with Crippen LogP contribution in [0.25, 0.3) is 11.0 Å². The molecular weight excluding hydrogens is 492 g/mol. The van der Waals surface area contributed by atoms with Gasteiger partial charge in [0.25, 0.3) is 0 Å². The minimum absolute atomic E-state index is 0.262. The maximum Gasteiger partial charge on any atom is 0.121 e. The first-order valence-corrected chi connectivity index (χ1v) is 13.6. The summed E-state index contributed by atoms with van der Waals surface area (Å²) in [5.74, 6) is 0.989. The highest BCUT2D eigenvalue weighted by Gasteiger charge is 2.28. The molecule has 0 fully saturated rings. The Hall–Kier alpha value is -3.58. The summed E-state index contributed by atoms with van der Waals surface area (Å²) in [4.78, 5) is 20.1. The van der Waals surface area contributed by atoms with E-state index >= 15 is 0 Å². The van der Waals surface area contributed by atoms with Gasteiger partial charge in [-0.15, -0.1) is 0 Å². The van der Waals surface area contributed by atoms with Gasteiger partial charge in [-0.05, 0) is 66.3 Å². The second kappa shape index (κ2) is 11.4. The van der Waals surface area contributed by atoms with Crippen LogP contribution in [0, 0.1) is 0 Å². The zero-order valence-corrected chi connectivity index (χ0v) is 22.0. The quantitative estimate of drug-likeness (QED) is 0.235. The number of hydrogen-bond donors (Lipinski definition) is 2. The number of H-pyrrole nitrogens is 1. The van der Waals surface area contributed by atoms with Crippen LogP contribution in [-0.4, -0.2) is 24.8 Å². The van der Waals surface area contributed by atoms with Crippen LogP contribution in [0.2, 0.25) is 5.02 Å². The van der Waals surface area contributed by atoms with E-state index in [9.17, 15) is 0 Å². The second-order valence-corrected chi connectivity index (χ2v) is 10.3. The SMILES string of the molecule is Clc1cccnc1CNCc1ccc(CN(Cc2nc3ccccc3[nH]2)C2CCCc3cccnc32)cc1. The largest absolute Gasteiger partial charge is 0.341 e. The van der Waals surface area contributed by atoms with Gasteiger partial charge < -0.3 is 10.3 Å². The number of halogens is 1. The summed E-state index contributed by atoms with van der Waals surface area (Å²) in [6.07, 6.45) is 7.07. The first-order valence-electron chi connectivity index (χ1n) is 13.2. The van der Waals surface area contributed by atoms with E-state index in [4.69, 9.17) is 21.6 Å². The fraction of sp³-hybridized carbons (Fsp3) is 0.258. The van der Waals surface area contributed by atoms with Crippen molar-refractivity contribution in [1.82, 2.24) is 30.2 Å². The highest BCUT2D eigenvalue weighted by atomic mass is 35.5. The molecule has 38 heavy (non-hydrogen) atoms. The summed E-state index contributed by atoms with van der Waals surface area (Å²) in [7, 11) is 0. The maximum absolute atomic E-state index is 6.23. The van der Waals surface area contributed by atoms with Gasteiger partial charge >= 0.3 is 0 Å². The van der Waals surface area contributed by atoms with Crippen molar-refractivity contribution in [2.45, 2.75) is 51.5 Å². The Kier molecular flexibility index (Phi) is 7.45. The Morgan fingerprint density at radius 1 is 0.868 bits per heavy atom. The number of imidazole rings is 1. The predicted octanol–water partition coefficient (Wildman–Crippen LogP) is 6.38. The molecule has 1 aliphatic carbocycles. The van der Waals surface area contributed by atoms with E-state index in [0.717, 1.165) is 55.0 Å². The van der Waals surface area contributed by atoms with E-state index in [2.05, 4.69) is 68.7 Å². The molecule has 0 saturated carbocycles. The van der Waals surface area contributed by atoms with Gasteiger partial charge in [-0.3, -0.25) is 14.9 Å². The van der Waals surface area contributed by atoms with E-state index < -0.39 is 0 Å². The Labute approximate surface area is 228 Å². The lowest BCUT2D eigenvalue weighted by molar-refractivity contribution is 0.153. The fourth-order valence-corrected chi connectivity index (χ4v) is 5.55. The standard InChI is InChI=1S/C31H31ClN6/c32-25-8-5-16-34-28(25)19-33-18-22-12-14-23(15-13-22)20-38(21-30-36-26-9-1-2-10-27(26)37-30)29-11-3-6-24-7-4-17-35-31(24)29/h1-2,4-5,7-10,12-17,29,33H,3,6,11,18-21H2,(H,36,37). The average molecular weight is 523 g/mol. The van der Waals surface area contributed by atoms with Crippen LogP contribution in [0.3, 0.4) is 0 Å². The number of nitrogens with one attached hydrogen (secondary N) is 2. The molecule has 1 atom stereocenters. The van der Waals surface area contributed by atoms with Gasteiger partial charge in [-0.1, -0.05) is 54.1 Å². The van der Waals surface area contributed by atoms with Crippen LogP contribution in [0.5, 0.6) is 0 Å². The van der Waals surface area contributed by atoms with Crippen molar-refractivity contribution in [2.75, 3.05) is 0 Å². The molecule has 192 valence electrons. The van der Waals surface area contributed by atoms with Crippen LogP contribution in [0.4, 0.5) is 0 Å². The molecule has 6 nitrogen and oxygen atoms in total. The summed E-state index contributed by atoms with van der Waals surface area (Å²) in [5.41, 5.74) is 8.04. The number of rotatable bonds is 9. The number of benzene rings is 2. The van der Waals surface area contributed by atoms with Crippen molar-refractivity contribution in [2.24, 2.45) is 0 Å². The van der Waals surface area contributed by atoms with Gasteiger partial charge in [0.1, 0.15) is 5.82 Å². The molecule has 0 bridgehead atoms. The first-order chi connectivity index (χ1) is 18.7. The molecule has 2 N–H and O–H groups in total. The van der Waals surface area contributed by atoms with Gasteiger partial charge in [0.2, 0.25) is 0 Å². The van der Waals surface area contributed by atoms with Crippen LogP contribution >= 0.6 is 11.6 Å². The molecule has 0 spiro atoms. The Morgan fingerprint density at radius 2 is 1.68 bits per heavy atom. The fourth-order valence-electron chi connectivity index (χ4n) is 5.36. The third-order valence-electron chi connectivity index (χ3n) is 7.26. The van der Waals surface area contributed by atoms with Gasteiger partial charge in [-0.2, -0.15) is 0 Å². The number of aromatic amines is 1. The lowest BCUT2D eigenvalue weighted by Crippen LogP contribution is -2.31. The first kappa shape index (κ1) is 24.7. The highest BCUT2D eigenvalue weighted by molar-refractivity contribution is 6.31. The molecule has 3 aromatic heterocycles. The normalized spacial score (nSPS) is 15.2. The van der Waals surface area contributed by atoms with Crippen molar-refractivity contribution >= 4 is 22.6 Å². The number of nitrogens with zero attached hydrogens (tertiary/aromatic N) is 4. The molecule has 3 heterocycles. The third-order valence-corrected chi connectivity index (χ3v) is 7.61. The van der Waals surface area contributed by atoms with E-state index in [-0.39, 0.29) is 6.04 Å². The van der Waals surface area contributed by atoms with Crippen molar-refractivity contribution in [3.05, 3.63) is 124 Å². The monoisotopic (exact) mass is 522 g/mol. The van der Waals surface area contributed by atoms with Crippen LogP contribution < -0.4 is 5.32 Å². The number of hydrogen-bond acceptors (Lipinski definition) is 5. The average Bonchev–Trinajstić information content (AvgIpc) is 3.37. The van der Waals surface area contributed by atoms with E-state index in [1.807, 2.05) is 30.5 Å².